The summed E-state index contributed by atoms with van der Waals surface area (Å²) in [6.07, 6.45) is 2.18. The second-order valence-corrected chi connectivity index (χ2v) is 8.02. The van der Waals surface area contributed by atoms with E-state index < -0.39 is 27.8 Å². The highest BCUT2D eigenvalue weighted by atomic mass is 32.2. The van der Waals surface area contributed by atoms with E-state index in [0.29, 0.717) is 17.7 Å². The highest BCUT2D eigenvalue weighted by molar-refractivity contribution is 7.90. The molecule has 0 atom stereocenters. The molecule has 0 unspecified atom stereocenters. The number of hydrogen-bond acceptors (Lipinski definition) is 4. The van der Waals surface area contributed by atoms with Gasteiger partial charge in [-0.1, -0.05) is 31.2 Å². The summed E-state index contributed by atoms with van der Waals surface area (Å²) in [5.41, 5.74) is -0.00162. The van der Waals surface area contributed by atoms with Crippen LogP contribution in [0.1, 0.15) is 31.9 Å². The number of nitrogens with one attached hydrogen (secondary N) is 1. The minimum atomic E-state index is -4.62. The molecule has 1 amide bonds. The summed E-state index contributed by atoms with van der Waals surface area (Å²) < 4.78 is 67.1. The molecular weight excluding hydrogens is 407 g/mol. The molecule has 0 saturated carbocycles. The summed E-state index contributed by atoms with van der Waals surface area (Å²) in [6, 6.07) is 6.15. The maximum Gasteiger partial charge on any atom is 0.435 e. The largest absolute Gasteiger partial charge is 0.435 e. The lowest BCUT2D eigenvalue weighted by atomic mass is 10.1. The summed E-state index contributed by atoms with van der Waals surface area (Å²) in [6.45, 7) is 1.52. The standard InChI is InChI=1S/C19H18F3N3O3S/c1-2-18(26)24-29(27,28)15-10-8-13(9-11-15)16-12-17(19(20,21)22)23-25(16)14-6-4-3-5-7-14/h4,6-12H,2-3,5H2,1H3,(H,24,26). The first-order valence-electron chi connectivity index (χ1n) is 8.82. The van der Waals surface area contributed by atoms with Crippen LogP contribution in [0.15, 0.2) is 53.5 Å². The third-order valence-electron chi connectivity index (χ3n) is 4.25. The maximum atomic E-state index is 13.2. The molecule has 1 N–H and O–H groups in total. The summed E-state index contributed by atoms with van der Waals surface area (Å²) in [5.74, 6) is -0.655. The normalized spacial score (nSPS) is 14.6. The topological polar surface area (TPSA) is 81.1 Å². The molecule has 10 heteroatoms. The van der Waals surface area contributed by atoms with Gasteiger partial charge in [0.25, 0.3) is 10.0 Å². The summed E-state index contributed by atoms with van der Waals surface area (Å²) in [5, 5.41) is 3.70. The van der Waals surface area contributed by atoms with Crippen molar-refractivity contribution in [1.29, 1.82) is 0 Å². The van der Waals surface area contributed by atoms with Gasteiger partial charge < -0.3 is 0 Å². The van der Waals surface area contributed by atoms with Gasteiger partial charge in [-0.3, -0.25) is 4.79 Å². The molecule has 2 aromatic rings. The van der Waals surface area contributed by atoms with Crippen LogP contribution in [0.4, 0.5) is 13.2 Å². The Labute approximate surface area is 165 Å². The van der Waals surface area contributed by atoms with E-state index in [1.165, 1.54) is 35.9 Å². The smallest absolute Gasteiger partial charge is 0.274 e. The van der Waals surface area contributed by atoms with Crippen LogP contribution < -0.4 is 4.72 Å². The first-order valence-corrected chi connectivity index (χ1v) is 10.3. The molecule has 0 spiro atoms. The number of allylic oxidation sites excluding steroid dienone is 4. The fourth-order valence-electron chi connectivity index (χ4n) is 2.76. The number of amides is 1. The van der Waals surface area contributed by atoms with Crippen molar-refractivity contribution in [2.75, 3.05) is 0 Å². The van der Waals surface area contributed by atoms with E-state index in [2.05, 4.69) is 5.10 Å². The zero-order valence-corrected chi connectivity index (χ0v) is 16.2. The van der Waals surface area contributed by atoms with Gasteiger partial charge in [0.05, 0.1) is 16.3 Å². The van der Waals surface area contributed by atoms with Crippen molar-refractivity contribution in [2.24, 2.45) is 0 Å². The van der Waals surface area contributed by atoms with Crippen LogP contribution in [0.25, 0.3) is 17.0 Å². The Morgan fingerprint density at radius 2 is 1.90 bits per heavy atom. The van der Waals surface area contributed by atoms with Crippen molar-refractivity contribution < 1.29 is 26.4 Å². The fourth-order valence-corrected chi connectivity index (χ4v) is 3.82. The average molecular weight is 425 g/mol. The summed E-state index contributed by atoms with van der Waals surface area (Å²) in [4.78, 5) is 11.2. The van der Waals surface area contributed by atoms with Crippen molar-refractivity contribution in [3.05, 3.63) is 54.3 Å². The third kappa shape index (κ3) is 4.58. The van der Waals surface area contributed by atoms with Crippen LogP contribution in [0.5, 0.6) is 0 Å². The van der Waals surface area contributed by atoms with Gasteiger partial charge >= 0.3 is 6.18 Å². The summed E-state index contributed by atoms with van der Waals surface area (Å²) in [7, 11) is -4.04. The number of benzene rings is 1. The molecule has 0 bridgehead atoms. The average Bonchev–Trinajstić information content (AvgIpc) is 3.14. The van der Waals surface area contributed by atoms with Crippen LogP contribution in [-0.4, -0.2) is 24.1 Å². The predicted molar refractivity (Wildman–Crippen MR) is 101 cm³/mol. The Bertz CT molecular complexity index is 1080. The van der Waals surface area contributed by atoms with E-state index in [1.54, 1.807) is 12.2 Å². The predicted octanol–water partition coefficient (Wildman–Crippen LogP) is 3.97. The SMILES string of the molecule is CCC(=O)NS(=O)(=O)c1ccc(-c2cc(C(F)(F)F)nn2C2=CCCC=C2)cc1. The van der Waals surface area contributed by atoms with Crippen LogP contribution in [-0.2, 0) is 21.0 Å². The third-order valence-corrected chi connectivity index (χ3v) is 5.64. The van der Waals surface area contributed by atoms with Gasteiger partial charge in [-0.2, -0.15) is 18.3 Å². The van der Waals surface area contributed by atoms with Crippen molar-refractivity contribution >= 4 is 21.6 Å². The Kier molecular flexibility index (Phi) is 5.65. The molecule has 29 heavy (non-hydrogen) atoms. The molecule has 1 aromatic heterocycles. The minimum absolute atomic E-state index is 0.000648. The second kappa shape index (κ2) is 7.86. The molecule has 1 heterocycles. The highest BCUT2D eigenvalue weighted by Gasteiger charge is 2.35. The Morgan fingerprint density at radius 1 is 1.21 bits per heavy atom. The molecule has 0 radical (unpaired) electrons. The number of sulfonamides is 1. The number of carbonyl (C=O) groups excluding carboxylic acids is 1. The first-order chi connectivity index (χ1) is 13.6. The maximum absolute atomic E-state index is 13.2. The summed E-state index contributed by atoms with van der Waals surface area (Å²) >= 11 is 0. The quantitative estimate of drug-likeness (QED) is 0.786. The molecule has 0 saturated heterocycles. The number of halogens is 3. The Balaban J connectivity index is 2.02. The van der Waals surface area contributed by atoms with Gasteiger partial charge in [-0.15, -0.1) is 0 Å². The molecular formula is C19H18F3N3O3S. The molecule has 1 aromatic carbocycles. The fraction of sp³-hybridized carbons (Fsp3) is 0.263. The monoisotopic (exact) mass is 425 g/mol. The van der Waals surface area contributed by atoms with E-state index in [1.807, 2.05) is 10.8 Å². The van der Waals surface area contributed by atoms with Gasteiger partial charge in [-0.05, 0) is 37.1 Å². The van der Waals surface area contributed by atoms with Crippen molar-refractivity contribution in [3.8, 4) is 11.3 Å². The number of aromatic nitrogens is 2. The highest BCUT2D eigenvalue weighted by Crippen LogP contribution is 2.34. The van der Waals surface area contributed by atoms with Crippen LogP contribution in [0.3, 0.4) is 0 Å². The zero-order valence-electron chi connectivity index (χ0n) is 15.4. The van der Waals surface area contributed by atoms with Crippen molar-refractivity contribution in [2.45, 2.75) is 37.3 Å². The zero-order chi connectivity index (χ0) is 21.2. The van der Waals surface area contributed by atoms with E-state index >= 15 is 0 Å². The Hall–Kier alpha value is -2.88. The van der Waals surface area contributed by atoms with Gasteiger partial charge in [-0.25, -0.2) is 17.8 Å². The molecule has 6 nitrogen and oxygen atoms in total. The molecule has 1 aliphatic rings. The minimum Gasteiger partial charge on any atom is -0.274 e. The molecule has 3 rings (SSSR count). The van der Waals surface area contributed by atoms with Gasteiger partial charge in [0.2, 0.25) is 5.91 Å². The number of rotatable bonds is 5. The van der Waals surface area contributed by atoms with Gasteiger partial charge in [0, 0.05) is 12.0 Å². The van der Waals surface area contributed by atoms with Gasteiger partial charge in [0.1, 0.15) is 0 Å². The lowest BCUT2D eigenvalue weighted by Gasteiger charge is -2.12. The van der Waals surface area contributed by atoms with Gasteiger partial charge in [0.15, 0.2) is 5.69 Å². The lowest BCUT2D eigenvalue weighted by Crippen LogP contribution is -2.29. The first kappa shape index (κ1) is 20.8. The number of hydrogen-bond donors (Lipinski definition) is 1. The van der Waals surface area contributed by atoms with Crippen molar-refractivity contribution in [1.82, 2.24) is 14.5 Å². The van der Waals surface area contributed by atoms with Crippen LogP contribution in [0.2, 0.25) is 0 Å². The van der Waals surface area contributed by atoms with E-state index in [4.69, 9.17) is 0 Å². The van der Waals surface area contributed by atoms with E-state index in [9.17, 15) is 26.4 Å². The lowest BCUT2D eigenvalue weighted by molar-refractivity contribution is -0.141. The van der Waals surface area contributed by atoms with E-state index in [-0.39, 0.29) is 17.0 Å². The number of alkyl halides is 3. The Morgan fingerprint density at radius 3 is 2.45 bits per heavy atom. The second-order valence-electron chi connectivity index (χ2n) is 6.34. The molecule has 0 aliphatic heterocycles. The number of nitrogens with zero attached hydrogens (tertiary/aromatic N) is 2. The molecule has 1 aliphatic carbocycles. The van der Waals surface area contributed by atoms with Crippen molar-refractivity contribution in [3.63, 3.8) is 0 Å². The molecule has 0 fully saturated rings. The molecule has 154 valence electrons. The van der Waals surface area contributed by atoms with Crippen LogP contribution >= 0.6 is 0 Å². The van der Waals surface area contributed by atoms with E-state index in [0.717, 1.165) is 12.5 Å². The van der Waals surface area contributed by atoms with Crippen LogP contribution in [0, 0.1) is 0 Å². The number of carbonyl (C=O) groups is 1.